The molecule has 4 heteroatoms. The van der Waals surface area contributed by atoms with Crippen LogP contribution in [0.1, 0.15) is 0 Å². The van der Waals surface area contributed by atoms with Gasteiger partial charge in [-0.2, -0.15) is 0 Å². The van der Waals surface area contributed by atoms with E-state index in [1.807, 2.05) is 0 Å². The van der Waals surface area contributed by atoms with Crippen molar-refractivity contribution in [1.29, 1.82) is 0 Å². The molecule has 1 aromatic carbocycles. The number of carbonyl (C=O) groups is 1. The Hall–Kier alpha value is -1.71. The van der Waals surface area contributed by atoms with E-state index >= 15 is 0 Å². The third-order valence-corrected chi connectivity index (χ3v) is 1.09. The van der Waals surface area contributed by atoms with Gasteiger partial charge in [0.2, 0.25) is 0 Å². The molecule has 1 rings (SSSR count). The molecule has 0 unspecified atom stereocenters. The number of benzene rings is 1. The second kappa shape index (κ2) is 6.03. The molecule has 1 aromatic rings. The first-order valence-electron chi connectivity index (χ1n) is 3.16. The lowest BCUT2D eigenvalue weighted by Gasteiger charge is -1.99. The van der Waals surface area contributed by atoms with Crippen molar-refractivity contribution >= 4 is 6.47 Å². The highest BCUT2D eigenvalue weighted by Gasteiger charge is 1.94. The van der Waals surface area contributed by atoms with E-state index in [2.05, 4.69) is 0 Å². The zero-order chi connectivity index (χ0) is 9.40. The summed E-state index contributed by atoms with van der Waals surface area (Å²) in [5.74, 6) is 0.692. The molecule has 0 aliphatic heterocycles. The third-order valence-electron chi connectivity index (χ3n) is 1.09. The minimum Gasteiger partial charge on any atom is -0.504 e. The van der Waals surface area contributed by atoms with Crippen molar-refractivity contribution < 1.29 is 19.7 Å². The maximum Gasteiger partial charge on any atom is 0.290 e. The molecule has 0 atom stereocenters. The molecule has 0 heterocycles. The first-order valence-corrected chi connectivity index (χ1v) is 3.16. The summed E-state index contributed by atoms with van der Waals surface area (Å²) >= 11 is 0. The number of methoxy groups -OCH3 is 1. The van der Waals surface area contributed by atoms with Crippen molar-refractivity contribution in [2.75, 3.05) is 7.11 Å². The highest BCUT2D eigenvalue weighted by molar-refractivity contribution is 5.37. The molecule has 0 aliphatic rings. The summed E-state index contributed by atoms with van der Waals surface area (Å²) in [7, 11) is 1.52. The average Bonchev–Trinajstić information content (AvgIpc) is 2.07. The number of para-hydroxylation sites is 2. The van der Waals surface area contributed by atoms with E-state index in [9.17, 15) is 0 Å². The van der Waals surface area contributed by atoms with E-state index in [4.69, 9.17) is 19.7 Å². The molecule has 0 aliphatic carbocycles. The van der Waals surface area contributed by atoms with Gasteiger partial charge in [0.25, 0.3) is 6.47 Å². The van der Waals surface area contributed by atoms with Gasteiger partial charge < -0.3 is 14.9 Å². The predicted molar refractivity (Wildman–Crippen MR) is 43.4 cm³/mol. The lowest BCUT2D eigenvalue weighted by atomic mass is 10.3. The van der Waals surface area contributed by atoms with Crippen LogP contribution in [0.15, 0.2) is 24.3 Å². The maximum atomic E-state index is 8.99. The van der Waals surface area contributed by atoms with Crippen LogP contribution in [-0.2, 0) is 4.79 Å². The minimum absolute atomic E-state index is 0.181. The van der Waals surface area contributed by atoms with E-state index in [1.165, 1.54) is 7.11 Å². The average molecular weight is 170 g/mol. The van der Waals surface area contributed by atoms with E-state index < -0.39 is 0 Å². The third kappa shape index (κ3) is 3.46. The normalized spacial score (nSPS) is 7.75. The van der Waals surface area contributed by atoms with Gasteiger partial charge in [0, 0.05) is 0 Å². The molecular weight excluding hydrogens is 160 g/mol. The molecular formula is C8H10O4. The Balaban J connectivity index is 0.000000354. The van der Waals surface area contributed by atoms with Crippen LogP contribution in [0.4, 0.5) is 0 Å². The molecule has 0 amide bonds. The Bertz CT molecular complexity index is 234. The maximum absolute atomic E-state index is 8.99. The van der Waals surface area contributed by atoms with E-state index in [0.29, 0.717) is 5.75 Å². The number of phenols is 1. The zero-order valence-electron chi connectivity index (χ0n) is 6.60. The smallest absolute Gasteiger partial charge is 0.290 e. The summed E-state index contributed by atoms with van der Waals surface area (Å²) in [5.41, 5.74) is 0. The van der Waals surface area contributed by atoms with Gasteiger partial charge in [0.15, 0.2) is 11.5 Å². The molecule has 12 heavy (non-hydrogen) atoms. The molecule has 0 saturated carbocycles. The number of hydrogen-bond acceptors (Lipinski definition) is 3. The summed E-state index contributed by atoms with van der Waals surface area (Å²) in [6.07, 6.45) is 0. The second-order valence-electron chi connectivity index (χ2n) is 1.78. The van der Waals surface area contributed by atoms with E-state index in [1.54, 1.807) is 24.3 Å². The molecule has 0 bridgehead atoms. The van der Waals surface area contributed by atoms with Crippen LogP contribution < -0.4 is 4.74 Å². The summed E-state index contributed by atoms with van der Waals surface area (Å²) in [6.45, 7) is -0.250. The summed E-state index contributed by atoms with van der Waals surface area (Å²) in [4.78, 5) is 8.36. The van der Waals surface area contributed by atoms with Crippen molar-refractivity contribution in [2.24, 2.45) is 0 Å². The Morgan fingerprint density at radius 3 is 2.25 bits per heavy atom. The van der Waals surface area contributed by atoms with Crippen LogP contribution in [0, 0.1) is 0 Å². The molecule has 0 saturated heterocycles. The number of phenolic OH excluding ortho intramolecular Hbond substituents is 1. The molecule has 0 spiro atoms. The highest BCUT2D eigenvalue weighted by Crippen LogP contribution is 2.22. The number of hydrogen-bond donors (Lipinski definition) is 2. The fraction of sp³-hybridized carbons (Fsp3) is 0.125. The van der Waals surface area contributed by atoms with Gasteiger partial charge >= 0.3 is 0 Å². The molecule has 0 radical (unpaired) electrons. The second-order valence-corrected chi connectivity index (χ2v) is 1.78. The first kappa shape index (κ1) is 10.3. The number of rotatable bonds is 1. The quantitative estimate of drug-likeness (QED) is 0.619. The zero-order valence-corrected chi connectivity index (χ0v) is 6.60. The van der Waals surface area contributed by atoms with Crippen LogP contribution in [0.2, 0.25) is 0 Å². The predicted octanol–water partition coefficient (Wildman–Crippen LogP) is 1.10. The highest BCUT2D eigenvalue weighted by atomic mass is 16.5. The van der Waals surface area contributed by atoms with Gasteiger partial charge in [-0.1, -0.05) is 12.1 Å². The summed E-state index contributed by atoms with van der Waals surface area (Å²) in [5, 5.41) is 15.9. The Kier molecular flexibility index (Phi) is 5.17. The largest absolute Gasteiger partial charge is 0.504 e. The Morgan fingerprint density at radius 1 is 1.42 bits per heavy atom. The fourth-order valence-corrected chi connectivity index (χ4v) is 0.630. The van der Waals surface area contributed by atoms with Crippen molar-refractivity contribution in [3.63, 3.8) is 0 Å². The molecule has 2 N–H and O–H groups in total. The van der Waals surface area contributed by atoms with Crippen molar-refractivity contribution in [1.82, 2.24) is 0 Å². The number of carboxylic acid groups (broad SMARTS) is 1. The van der Waals surface area contributed by atoms with Gasteiger partial charge in [0.1, 0.15) is 0 Å². The van der Waals surface area contributed by atoms with Crippen LogP contribution in [-0.4, -0.2) is 23.8 Å². The minimum atomic E-state index is -0.250. The summed E-state index contributed by atoms with van der Waals surface area (Å²) in [6, 6.07) is 6.84. The van der Waals surface area contributed by atoms with Gasteiger partial charge in [-0.3, -0.25) is 4.79 Å². The van der Waals surface area contributed by atoms with Crippen LogP contribution in [0.3, 0.4) is 0 Å². The van der Waals surface area contributed by atoms with Gasteiger partial charge in [-0.15, -0.1) is 0 Å². The van der Waals surface area contributed by atoms with Crippen molar-refractivity contribution in [3.8, 4) is 11.5 Å². The van der Waals surface area contributed by atoms with Crippen LogP contribution >= 0.6 is 0 Å². The SMILES string of the molecule is COc1ccccc1O.O=CO. The monoisotopic (exact) mass is 170 g/mol. The standard InChI is InChI=1S/C7H8O2.CH2O2/c1-9-7-5-3-2-4-6(7)8;2-1-3/h2-5,8H,1H3;1H,(H,2,3). The van der Waals surface area contributed by atoms with Crippen LogP contribution in [0.25, 0.3) is 0 Å². The molecule has 66 valence electrons. The Labute approximate surface area is 70.0 Å². The van der Waals surface area contributed by atoms with Gasteiger partial charge in [-0.05, 0) is 12.1 Å². The molecule has 0 fully saturated rings. The van der Waals surface area contributed by atoms with E-state index in [0.717, 1.165) is 0 Å². The fourth-order valence-electron chi connectivity index (χ4n) is 0.630. The van der Waals surface area contributed by atoms with Gasteiger partial charge in [0.05, 0.1) is 7.11 Å². The van der Waals surface area contributed by atoms with Gasteiger partial charge in [-0.25, -0.2) is 0 Å². The topological polar surface area (TPSA) is 66.8 Å². The Morgan fingerprint density at radius 2 is 1.92 bits per heavy atom. The van der Waals surface area contributed by atoms with E-state index in [-0.39, 0.29) is 12.2 Å². The number of aromatic hydroxyl groups is 1. The summed E-state index contributed by atoms with van der Waals surface area (Å²) < 4.78 is 4.79. The molecule has 0 aromatic heterocycles. The lowest BCUT2D eigenvalue weighted by molar-refractivity contribution is -0.122. The lowest BCUT2D eigenvalue weighted by Crippen LogP contribution is -1.80. The van der Waals surface area contributed by atoms with Crippen molar-refractivity contribution in [3.05, 3.63) is 24.3 Å². The number of ether oxygens (including phenoxy) is 1. The molecule has 4 nitrogen and oxygen atoms in total. The first-order chi connectivity index (χ1) is 5.76. The van der Waals surface area contributed by atoms with Crippen LogP contribution in [0.5, 0.6) is 11.5 Å². The van der Waals surface area contributed by atoms with Crippen molar-refractivity contribution in [2.45, 2.75) is 0 Å².